The first-order chi connectivity index (χ1) is 15.2. The lowest BCUT2D eigenvalue weighted by Gasteiger charge is -2.41. The van der Waals surface area contributed by atoms with Crippen molar-refractivity contribution in [1.29, 1.82) is 0 Å². The molecule has 0 radical (unpaired) electrons. The van der Waals surface area contributed by atoms with Crippen LogP contribution in [0.3, 0.4) is 0 Å². The molecule has 0 unspecified atom stereocenters. The largest absolute Gasteiger partial charge is 0.462 e. The molecule has 3 aliphatic rings. The van der Waals surface area contributed by atoms with E-state index in [0.717, 1.165) is 48.9 Å². The summed E-state index contributed by atoms with van der Waals surface area (Å²) in [7, 11) is 0. The zero-order valence-electron chi connectivity index (χ0n) is 20.9. The summed E-state index contributed by atoms with van der Waals surface area (Å²) in [5, 5.41) is 0. The van der Waals surface area contributed by atoms with Crippen LogP contribution in [0.25, 0.3) is 0 Å². The van der Waals surface area contributed by atoms with Crippen molar-refractivity contribution in [2.24, 2.45) is 29.6 Å². The normalized spacial score (nSPS) is 34.4. The van der Waals surface area contributed by atoms with Crippen molar-refractivity contribution in [3.8, 4) is 0 Å². The van der Waals surface area contributed by atoms with Crippen molar-refractivity contribution < 1.29 is 9.53 Å². The summed E-state index contributed by atoms with van der Waals surface area (Å²) in [5.41, 5.74) is 0. The predicted octanol–water partition coefficient (Wildman–Crippen LogP) is 8.86. The molecule has 3 rings (SSSR count). The number of esters is 1. The third kappa shape index (κ3) is 8.39. The number of ether oxygens (including phenoxy) is 1. The van der Waals surface area contributed by atoms with Crippen LogP contribution in [0.4, 0.5) is 0 Å². The second-order valence-corrected chi connectivity index (χ2v) is 11.4. The molecule has 0 N–H and O–H groups in total. The third-order valence-corrected chi connectivity index (χ3v) is 9.24. The molecular formula is C29H52O2. The molecule has 0 saturated heterocycles. The summed E-state index contributed by atoms with van der Waals surface area (Å²) in [6, 6.07) is 0. The van der Waals surface area contributed by atoms with Gasteiger partial charge in [0.05, 0.1) is 0 Å². The standard InChI is InChI=1S/C29H52O2/c1-3-5-6-7-8-10-29(30)31-28-21-19-27(20-22-28)26-17-15-25(16-18-26)24-13-11-23(9-4-2)12-14-24/h23-28H,3-22H2,1-2H3/t23-,24-,25-,26-,27-,28-. The highest BCUT2D eigenvalue weighted by Gasteiger charge is 2.35. The number of hydrogen-bond acceptors (Lipinski definition) is 2. The Kier molecular flexibility index (Phi) is 11.2. The fourth-order valence-electron chi connectivity index (χ4n) is 7.24. The number of carbonyl (C=O) groups excluding carboxylic acids is 1. The van der Waals surface area contributed by atoms with Crippen molar-refractivity contribution in [3.05, 3.63) is 0 Å². The molecule has 0 aromatic rings. The Balaban J connectivity index is 1.27. The van der Waals surface area contributed by atoms with Crippen LogP contribution in [0.1, 0.15) is 142 Å². The SMILES string of the molecule is CCCCCCCC(=O)O[C@H]1CC[C@H]([C@H]2CC[C@H]([C@H]3CC[C@H](CCC)CC3)CC2)CC1. The molecule has 3 aliphatic carbocycles. The molecule has 31 heavy (non-hydrogen) atoms. The Morgan fingerprint density at radius 2 is 1.10 bits per heavy atom. The van der Waals surface area contributed by atoms with Gasteiger partial charge in [-0.2, -0.15) is 0 Å². The third-order valence-electron chi connectivity index (χ3n) is 9.24. The molecule has 0 aromatic heterocycles. The lowest BCUT2D eigenvalue weighted by Crippen LogP contribution is -2.31. The highest BCUT2D eigenvalue weighted by atomic mass is 16.5. The van der Waals surface area contributed by atoms with E-state index >= 15 is 0 Å². The van der Waals surface area contributed by atoms with E-state index in [2.05, 4.69) is 13.8 Å². The zero-order valence-corrected chi connectivity index (χ0v) is 20.9. The van der Waals surface area contributed by atoms with E-state index in [9.17, 15) is 4.79 Å². The van der Waals surface area contributed by atoms with Crippen LogP contribution in [0.2, 0.25) is 0 Å². The average molecular weight is 433 g/mol. The predicted molar refractivity (Wildman–Crippen MR) is 131 cm³/mol. The molecule has 0 bridgehead atoms. The Bertz CT molecular complexity index is 477. The van der Waals surface area contributed by atoms with Gasteiger partial charge in [-0.25, -0.2) is 0 Å². The Hall–Kier alpha value is -0.530. The topological polar surface area (TPSA) is 26.3 Å². The van der Waals surface area contributed by atoms with Crippen molar-refractivity contribution in [2.75, 3.05) is 0 Å². The van der Waals surface area contributed by atoms with Gasteiger partial charge in [0, 0.05) is 6.42 Å². The molecule has 0 heterocycles. The molecule has 0 aliphatic heterocycles. The van der Waals surface area contributed by atoms with Gasteiger partial charge in [0.1, 0.15) is 6.10 Å². The molecular weight excluding hydrogens is 380 g/mol. The van der Waals surface area contributed by atoms with E-state index < -0.39 is 0 Å². The van der Waals surface area contributed by atoms with Gasteiger partial charge >= 0.3 is 5.97 Å². The highest BCUT2D eigenvalue weighted by Crippen LogP contribution is 2.45. The number of unbranched alkanes of at least 4 members (excludes halogenated alkanes) is 4. The number of rotatable bonds is 11. The van der Waals surface area contributed by atoms with Crippen molar-refractivity contribution in [2.45, 2.75) is 148 Å². The maximum Gasteiger partial charge on any atom is 0.306 e. The van der Waals surface area contributed by atoms with E-state index in [0.29, 0.717) is 6.42 Å². The van der Waals surface area contributed by atoms with Crippen LogP contribution < -0.4 is 0 Å². The highest BCUT2D eigenvalue weighted by molar-refractivity contribution is 5.69. The monoisotopic (exact) mass is 432 g/mol. The van der Waals surface area contributed by atoms with Crippen LogP contribution >= 0.6 is 0 Å². The minimum atomic E-state index is 0.0640. The van der Waals surface area contributed by atoms with E-state index in [-0.39, 0.29) is 12.1 Å². The van der Waals surface area contributed by atoms with Crippen LogP contribution in [0.5, 0.6) is 0 Å². The minimum absolute atomic E-state index is 0.0640. The van der Waals surface area contributed by atoms with Gasteiger partial charge in [0.25, 0.3) is 0 Å². The summed E-state index contributed by atoms with van der Waals surface area (Å²) in [6.07, 6.45) is 26.6. The average Bonchev–Trinajstić information content (AvgIpc) is 2.80. The summed E-state index contributed by atoms with van der Waals surface area (Å²) in [6.45, 7) is 4.58. The lowest BCUT2D eigenvalue weighted by molar-refractivity contribution is -0.151. The van der Waals surface area contributed by atoms with Crippen molar-refractivity contribution in [1.82, 2.24) is 0 Å². The molecule has 180 valence electrons. The van der Waals surface area contributed by atoms with Crippen LogP contribution in [0.15, 0.2) is 0 Å². The van der Waals surface area contributed by atoms with E-state index in [1.807, 2.05) is 0 Å². The molecule has 2 heteroatoms. The molecule has 2 nitrogen and oxygen atoms in total. The quantitative estimate of drug-likeness (QED) is 0.241. The summed E-state index contributed by atoms with van der Waals surface area (Å²) in [4.78, 5) is 12.1. The van der Waals surface area contributed by atoms with Gasteiger partial charge in [-0.1, -0.05) is 65.2 Å². The Morgan fingerprint density at radius 3 is 1.61 bits per heavy atom. The summed E-state index contributed by atoms with van der Waals surface area (Å²) in [5.74, 6) is 5.06. The molecule has 0 spiro atoms. The van der Waals surface area contributed by atoms with Crippen LogP contribution in [0, 0.1) is 29.6 Å². The van der Waals surface area contributed by atoms with Gasteiger partial charge < -0.3 is 4.74 Å². The first kappa shape index (κ1) is 25.1. The van der Waals surface area contributed by atoms with E-state index in [4.69, 9.17) is 4.74 Å². The second-order valence-electron chi connectivity index (χ2n) is 11.4. The fourth-order valence-corrected chi connectivity index (χ4v) is 7.24. The summed E-state index contributed by atoms with van der Waals surface area (Å²) < 4.78 is 5.82. The molecule has 0 amide bonds. The van der Waals surface area contributed by atoms with Crippen molar-refractivity contribution in [3.63, 3.8) is 0 Å². The smallest absolute Gasteiger partial charge is 0.306 e. The van der Waals surface area contributed by atoms with Gasteiger partial charge in [0.2, 0.25) is 0 Å². The molecule has 3 saturated carbocycles. The molecule has 0 aromatic carbocycles. The first-order valence-electron chi connectivity index (χ1n) is 14.4. The summed E-state index contributed by atoms with van der Waals surface area (Å²) >= 11 is 0. The first-order valence-corrected chi connectivity index (χ1v) is 14.4. The lowest BCUT2D eigenvalue weighted by atomic mass is 9.65. The van der Waals surface area contributed by atoms with E-state index in [1.54, 1.807) is 0 Å². The molecule has 0 atom stereocenters. The van der Waals surface area contributed by atoms with Crippen LogP contribution in [-0.4, -0.2) is 12.1 Å². The Labute approximate surface area is 193 Å². The minimum Gasteiger partial charge on any atom is -0.462 e. The van der Waals surface area contributed by atoms with Crippen LogP contribution in [-0.2, 0) is 9.53 Å². The van der Waals surface area contributed by atoms with Gasteiger partial charge in [-0.15, -0.1) is 0 Å². The zero-order chi connectivity index (χ0) is 21.9. The van der Waals surface area contributed by atoms with Gasteiger partial charge in [0.15, 0.2) is 0 Å². The van der Waals surface area contributed by atoms with Crippen molar-refractivity contribution >= 4 is 5.97 Å². The molecule has 3 fully saturated rings. The maximum atomic E-state index is 12.1. The number of hydrogen-bond donors (Lipinski definition) is 0. The second kappa shape index (κ2) is 13.9. The van der Waals surface area contributed by atoms with E-state index in [1.165, 1.54) is 103 Å². The fraction of sp³-hybridized carbons (Fsp3) is 0.966. The van der Waals surface area contributed by atoms with Gasteiger partial charge in [-0.3, -0.25) is 4.79 Å². The Morgan fingerprint density at radius 1 is 0.613 bits per heavy atom. The maximum absolute atomic E-state index is 12.1. The van der Waals surface area contributed by atoms with Gasteiger partial charge in [-0.05, 0) is 100 Å². The number of carbonyl (C=O) groups is 1.